The predicted molar refractivity (Wildman–Crippen MR) is 107 cm³/mol. The number of fused-ring (bicyclic) bond motifs is 3. The molecule has 0 saturated heterocycles. The fourth-order valence-corrected chi connectivity index (χ4v) is 3.56. The summed E-state index contributed by atoms with van der Waals surface area (Å²) >= 11 is 0. The minimum Gasteiger partial charge on any atom is -0.392 e. The second-order valence-electron chi connectivity index (χ2n) is 6.80. The number of rotatable bonds is 4. The molecule has 142 valence electrons. The van der Waals surface area contributed by atoms with E-state index in [2.05, 4.69) is 15.1 Å². The molecule has 7 nitrogen and oxygen atoms in total. The number of pyridine rings is 1. The summed E-state index contributed by atoms with van der Waals surface area (Å²) in [5.74, 6) is 0.146. The summed E-state index contributed by atoms with van der Waals surface area (Å²) in [7, 11) is 3.68. The topological polar surface area (TPSA) is 72.3 Å². The number of anilines is 1. The zero-order chi connectivity index (χ0) is 20.0. The zero-order valence-electron chi connectivity index (χ0n) is 15.7. The van der Waals surface area contributed by atoms with Crippen molar-refractivity contribution in [1.29, 1.82) is 0 Å². The minimum atomic E-state index is -0.634. The van der Waals surface area contributed by atoms with E-state index in [1.54, 1.807) is 26.4 Å². The summed E-state index contributed by atoms with van der Waals surface area (Å²) in [6.07, 6.45) is 1.09. The number of nitrogens with zero attached hydrogens (tertiary/aromatic N) is 5. The number of nitrogens with one attached hydrogen (secondary N) is 1. The number of imidazole rings is 1. The molecule has 28 heavy (non-hydrogen) atoms. The lowest BCUT2D eigenvalue weighted by Gasteiger charge is -2.13. The first-order valence-corrected chi connectivity index (χ1v) is 8.81. The van der Waals surface area contributed by atoms with Crippen molar-refractivity contribution in [3.05, 3.63) is 47.8 Å². The van der Waals surface area contributed by atoms with E-state index in [0.717, 1.165) is 16.4 Å². The Morgan fingerprint density at radius 1 is 1.32 bits per heavy atom. The van der Waals surface area contributed by atoms with Gasteiger partial charge in [-0.2, -0.15) is 0 Å². The van der Waals surface area contributed by atoms with Gasteiger partial charge in [-0.1, -0.05) is 0 Å². The van der Waals surface area contributed by atoms with Crippen molar-refractivity contribution >= 4 is 33.6 Å². The fourth-order valence-electron chi connectivity index (χ4n) is 3.56. The average Bonchev–Trinajstić information content (AvgIpc) is 3.21. The van der Waals surface area contributed by atoms with E-state index in [-0.39, 0.29) is 12.2 Å². The van der Waals surface area contributed by atoms with Crippen LogP contribution in [0.3, 0.4) is 0 Å². The van der Waals surface area contributed by atoms with Gasteiger partial charge in [-0.05, 0) is 36.8 Å². The Morgan fingerprint density at radius 2 is 2.11 bits per heavy atom. The first-order chi connectivity index (χ1) is 13.4. The molecule has 0 aliphatic carbocycles. The van der Waals surface area contributed by atoms with Gasteiger partial charge < -0.3 is 19.6 Å². The lowest BCUT2D eigenvalue weighted by Crippen LogP contribution is -2.13. The maximum absolute atomic E-state index is 14.1. The minimum absolute atomic E-state index is 0.221. The van der Waals surface area contributed by atoms with Gasteiger partial charge >= 0.3 is 0 Å². The summed E-state index contributed by atoms with van der Waals surface area (Å²) in [6, 6.07) is 6.15. The average molecular weight is 378 g/mol. The Bertz CT molecular complexity index is 1250. The highest BCUT2D eigenvalue weighted by Crippen LogP contribution is 2.35. The molecule has 0 bridgehead atoms. The molecule has 3 aromatic heterocycles. The molecule has 0 saturated carbocycles. The lowest BCUT2D eigenvalue weighted by atomic mass is 10.1. The van der Waals surface area contributed by atoms with Gasteiger partial charge in [-0.3, -0.25) is 0 Å². The van der Waals surface area contributed by atoms with Gasteiger partial charge in [0, 0.05) is 25.2 Å². The van der Waals surface area contributed by atoms with Crippen molar-refractivity contribution in [1.82, 2.24) is 19.1 Å². The highest BCUT2D eigenvalue weighted by molar-refractivity contribution is 6.07. The Labute approximate surface area is 160 Å². The molecule has 2 N–H and O–H groups in total. The van der Waals surface area contributed by atoms with Crippen molar-refractivity contribution in [2.75, 3.05) is 12.4 Å². The summed E-state index contributed by atoms with van der Waals surface area (Å²) < 4.78 is 17.9. The molecule has 1 aromatic carbocycles. The van der Waals surface area contributed by atoms with Crippen molar-refractivity contribution < 1.29 is 9.50 Å². The van der Waals surface area contributed by atoms with Crippen LogP contribution in [0.5, 0.6) is 0 Å². The number of benzene rings is 1. The molecule has 1 unspecified atom stereocenters. The van der Waals surface area contributed by atoms with Gasteiger partial charge in [0.15, 0.2) is 11.5 Å². The molecule has 0 aliphatic rings. The van der Waals surface area contributed by atoms with E-state index in [0.29, 0.717) is 22.7 Å². The Morgan fingerprint density at radius 3 is 2.79 bits per heavy atom. The molecule has 4 rings (SSSR count). The molecule has 1 atom stereocenters. The van der Waals surface area contributed by atoms with E-state index in [1.165, 1.54) is 12.1 Å². The van der Waals surface area contributed by atoms with E-state index in [9.17, 15) is 9.50 Å². The second-order valence-corrected chi connectivity index (χ2v) is 6.80. The third kappa shape index (κ3) is 2.77. The van der Waals surface area contributed by atoms with Crippen LogP contribution in [0.25, 0.3) is 38.2 Å². The Hall–Kier alpha value is -3.44. The molecule has 0 spiro atoms. The number of hydrogen-bond donors (Lipinski definition) is 2. The molecule has 0 amide bonds. The molecule has 0 fully saturated rings. The number of aliphatic hydroxyl groups is 1. The van der Waals surface area contributed by atoms with Gasteiger partial charge in [-0.25, -0.2) is 19.2 Å². The van der Waals surface area contributed by atoms with Gasteiger partial charge in [0.05, 0.1) is 31.1 Å². The van der Waals surface area contributed by atoms with E-state index in [1.807, 2.05) is 22.2 Å². The van der Waals surface area contributed by atoms with Crippen LogP contribution < -0.4 is 5.32 Å². The van der Waals surface area contributed by atoms with E-state index >= 15 is 0 Å². The highest BCUT2D eigenvalue weighted by atomic mass is 19.1. The number of hydrogen-bond acceptors (Lipinski definition) is 4. The van der Waals surface area contributed by atoms with Crippen LogP contribution in [-0.2, 0) is 13.6 Å². The quantitative estimate of drug-likeness (QED) is 0.531. The summed E-state index contributed by atoms with van der Waals surface area (Å²) in [4.78, 5) is 12.5. The normalized spacial score (nSPS) is 12.4. The number of halogens is 1. The molecule has 0 aliphatic heterocycles. The second kappa shape index (κ2) is 6.62. The van der Waals surface area contributed by atoms with Crippen LogP contribution in [0.4, 0.5) is 15.9 Å². The molecule has 0 radical (unpaired) electrons. The van der Waals surface area contributed by atoms with E-state index < -0.39 is 11.9 Å². The molecule has 3 heterocycles. The van der Waals surface area contributed by atoms with Crippen molar-refractivity contribution in [2.45, 2.75) is 19.6 Å². The zero-order valence-corrected chi connectivity index (χ0v) is 15.7. The van der Waals surface area contributed by atoms with Crippen LogP contribution in [-0.4, -0.2) is 37.4 Å². The summed E-state index contributed by atoms with van der Waals surface area (Å²) in [5, 5.41) is 14.0. The first-order valence-electron chi connectivity index (χ1n) is 8.81. The van der Waals surface area contributed by atoms with Crippen LogP contribution in [0.15, 0.2) is 30.6 Å². The lowest BCUT2D eigenvalue weighted by molar-refractivity contribution is 0.175. The standard InChI is InChI=1S/C20H19FN6O/c1-11(28)9-27-16(12-5-13(21)7-14(6-12)22-2)8-15-18-17(24-10-26(18)4)19(23-3)25-20(15)27/h5-8,10-11,28H,9H2,1,3-4H3,(H,23,25). The van der Waals surface area contributed by atoms with Gasteiger partial charge in [0.2, 0.25) is 0 Å². The van der Waals surface area contributed by atoms with Gasteiger partial charge in [0.1, 0.15) is 17.0 Å². The van der Waals surface area contributed by atoms with Crippen LogP contribution in [0.1, 0.15) is 6.92 Å². The monoisotopic (exact) mass is 378 g/mol. The Balaban J connectivity index is 2.12. The highest BCUT2D eigenvalue weighted by Gasteiger charge is 2.20. The third-order valence-electron chi connectivity index (χ3n) is 4.69. The molecule has 8 heteroatoms. The predicted octanol–water partition coefficient (Wildman–Crippen LogP) is 3.70. The van der Waals surface area contributed by atoms with Crippen molar-refractivity contribution in [3.8, 4) is 11.3 Å². The Kier molecular flexibility index (Phi) is 4.24. The summed E-state index contributed by atoms with van der Waals surface area (Å²) in [6.45, 7) is 9.19. The molecular weight excluding hydrogens is 359 g/mol. The van der Waals surface area contributed by atoms with Gasteiger partial charge in [-0.15, -0.1) is 0 Å². The van der Waals surface area contributed by atoms with Crippen molar-refractivity contribution in [2.24, 2.45) is 7.05 Å². The van der Waals surface area contributed by atoms with E-state index in [4.69, 9.17) is 11.6 Å². The fraction of sp³-hybridized carbons (Fsp3) is 0.250. The SMILES string of the molecule is [C-]#[N+]c1cc(F)cc(-c2cc3c4c(ncn4C)c(NC)nc3n2CC(C)O)c1. The van der Waals surface area contributed by atoms with Crippen molar-refractivity contribution in [3.63, 3.8) is 0 Å². The van der Waals surface area contributed by atoms with Crippen LogP contribution in [0.2, 0.25) is 0 Å². The van der Waals surface area contributed by atoms with Crippen LogP contribution >= 0.6 is 0 Å². The largest absolute Gasteiger partial charge is 0.392 e. The number of aryl methyl sites for hydroxylation is 1. The smallest absolute Gasteiger partial charge is 0.190 e. The molecular formula is C20H19FN6O. The third-order valence-corrected chi connectivity index (χ3v) is 4.69. The number of aromatic nitrogens is 4. The maximum atomic E-state index is 14.1. The first kappa shape index (κ1) is 17.9. The number of aliphatic hydroxyl groups excluding tert-OH is 1. The van der Waals surface area contributed by atoms with Gasteiger partial charge in [0.25, 0.3) is 0 Å². The van der Waals surface area contributed by atoms with Crippen LogP contribution in [0, 0.1) is 12.4 Å². The summed E-state index contributed by atoms with van der Waals surface area (Å²) in [5.41, 5.74) is 3.75. The molecule has 4 aromatic rings. The maximum Gasteiger partial charge on any atom is 0.190 e.